The van der Waals surface area contributed by atoms with Crippen molar-refractivity contribution in [3.8, 4) is 0 Å². The van der Waals surface area contributed by atoms with E-state index in [0.717, 1.165) is 0 Å². The second kappa shape index (κ2) is 1.27. The van der Waals surface area contributed by atoms with Crippen molar-refractivity contribution in [3.63, 3.8) is 0 Å². The zero-order valence-electron chi connectivity index (χ0n) is 5.48. The van der Waals surface area contributed by atoms with E-state index in [0.29, 0.717) is 5.54 Å². The van der Waals surface area contributed by atoms with Gasteiger partial charge in [-0.1, -0.05) is 0 Å². The van der Waals surface area contributed by atoms with Crippen molar-refractivity contribution in [1.82, 2.24) is 4.90 Å². The molecular weight excluding hydrogens is 98.1 g/mol. The first kappa shape index (κ1) is 4.80. The van der Waals surface area contributed by atoms with Crippen molar-refractivity contribution >= 4 is 0 Å². The molecule has 1 saturated heterocycles. The quantitative estimate of drug-likeness (QED) is 0.492. The Kier molecular flexibility index (Phi) is 0.762. The van der Waals surface area contributed by atoms with Crippen LogP contribution in [-0.2, 0) is 0 Å². The molecule has 2 fully saturated rings. The molecule has 0 amide bonds. The van der Waals surface area contributed by atoms with E-state index < -0.39 is 0 Å². The van der Waals surface area contributed by atoms with Gasteiger partial charge in [-0.25, -0.2) is 0 Å². The third-order valence-electron chi connectivity index (χ3n) is 2.59. The SMILES string of the molecule is CC1(N2CCC2)CC1. The van der Waals surface area contributed by atoms with Gasteiger partial charge in [0.1, 0.15) is 0 Å². The number of likely N-dealkylation sites (tertiary alicyclic amines) is 1. The average Bonchev–Trinajstić information content (AvgIpc) is 2.12. The van der Waals surface area contributed by atoms with Crippen LogP contribution in [0.1, 0.15) is 26.2 Å². The van der Waals surface area contributed by atoms with Gasteiger partial charge >= 0.3 is 0 Å². The van der Waals surface area contributed by atoms with E-state index >= 15 is 0 Å². The lowest BCUT2D eigenvalue weighted by Gasteiger charge is -2.36. The lowest BCUT2D eigenvalue weighted by Crippen LogP contribution is -2.45. The van der Waals surface area contributed by atoms with Crippen LogP contribution in [0.5, 0.6) is 0 Å². The Morgan fingerprint density at radius 1 is 1.25 bits per heavy atom. The molecule has 0 spiro atoms. The molecule has 2 aliphatic rings. The summed E-state index contributed by atoms with van der Waals surface area (Å²) in [4.78, 5) is 2.60. The molecule has 0 atom stereocenters. The molecule has 46 valence electrons. The van der Waals surface area contributed by atoms with Gasteiger partial charge in [-0.2, -0.15) is 0 Å². The summed E-state index contributed by atoms with van der Waals surface area (Å²) in [6.45, 7) is 5.12. The highest BCUT2D eigenvalue weighted by molar-refractivity contribution is 5.01. The fourth-order valence-corrected chi connectivity index (χ4v) is 1.35. The molecule has 2 rings (SSSR count). The van der Waals surface area contributed by atoms with Gasteiger partial charge in [-0.3, -0.25) is 4.90 Å². The third kappa shape index (κ3) is 0.510. The molecule has 0 aromatic rings. The highest BCUT2D eigenvalue weighted by Gasteiger charge is 2.44. The van der Waals surface area contributed by atoms with Crippen LogP contribution in [0.25, 0.3) is 0 Å². The van der Waals surface area contributed by atoms with Gasteiger partial charge in [0.05, 0.1) is 0 Å². The Balaban J connectivity index is 1.95. The molecule has 0 unspecified atom stereocenters. The summed E-state index contributed by atoms with van der Waals surface area (Å²) < 4.78 is 0. The normalized spacial score (nSPS) is 34.1. The molecule has 1 saturated carbocycles. The molecule has 0 aromatic heterocycles. The second-order valence-electron chi connectivity index (χ2n) is 3.34. The fourth-order valence-electron chi connectivity index (χ4n) is 1.35. The molecule has 1 aliphatic heterocycles. The van der Waals surface area contributed by atoms with Crippen LogP contribution >= 0.6 is 0 Å². The Morgan fingerprint density at radius 3 is 2.00 bits per heavy atom. The first-order valence-electron chi connectivity index (χ1n) is 3.56. The molecule has 0 radical (unpaired) electrons. The summed E-state index contributed by atoms with van der Waals surface area (Å²) in [6.07, 6.45) is 4.34. The first-order chi connectivity index (χ1) is 3.81. The van der Waals surface area contributed by atoms with Gasteiger partial charge in [0.2, 0.25) is 0 Å². The van der Waals surface area contributed by atoms with Crippen molar-refractivity contribution in [2.45, 2.75) is 31.7 Å². The monoisotopic (exact) mass is 111 g/mol. The zero-order valence-corrected chi connectivity index (χ0v) is 5.48. The molecule has 1 heterocycles. The van der Waals surface area contributed by atoms with Crippen LogP contribution in [-0.4, -0.2) is 23.5 Å². The maximum Gasteiger partial charge on any atom is 0.0182 e. The summed E-state index contributed by atoms with van der Waals surface area (Å²) in [5, 5.41) is 0. The summed E-state index contributed by atoms with van der Waals surface area (Å²) in [7, 11) is 0. The molecule has 8 heavy (non-hydrogen) atoms. The lowest BCUT2D eigenvalue weighted by molar-refractivity contribution is 0.112. The summed E-state index contributed by atoms with van der Waals surface area (Å²) in [5.74, 6) is 0. The average molecular weight is 111 g/mol. The maximum atomic E-state index is 2.60. The Labute approximate surface area is 50.7 Å². The van der Waals surface area contributed by atoms with E-state index in [-0.39, 0.29) is 0 Å². The summed E-state index contributed by atoms with van der Waals surface area (Å²) in [6, 6.07) is 0. The van der Waals surface area contributed by atoms with Crippen LogP contribution in [0.3, 0.4) is 0 Å². The number of hydrogen-bond donors (Lipinski definition) is 0. The summed E-state index contributed by atoms with van der Waals surface area (Å²) >= 11 is 0. The van der Waals surface area contributed by atoms with Gasteiger partial charge in [0.25, 0.3) is 0 Å². The van der Waals surface area contributed by atoms with Gasteiger partial charge < -0.3 is 0 Å². The van der Waals surface area contributed by atoms with Gasteiger partial charge in [-0.05, 0) is 39.3 Å². The Morgan fingerprint density at radius 2 is 1.88 bits per heavy atom. The highest BCUT2D eigenvalue weighted by Crippen LogP contribution is 2.43. The van der Waals surface area contributed by atoms with E-state index in [1.165, 1.54) is 32.4 Å². The predicted octanol–water partition coefficient (Wildman–Crippen LogP) is 1.24. The smallest absolute Gasteiger partial charge is 0.0182 e. The van der Waals surface area contributed by atoms with Gasteiger partial charge in [0.15, 0.2) is 0 Å². The van der Waals surface area contributed by atoms with E-state index in [9.17, 15) is 0 Å². The van der Waals surface area contributed by atoms with E-state index in [4.69, 9.17) is 0 Å². The maximum absolute atomic E-state index is 2.60. The van der Waals surface area contributed by atoms with E-state index in [1.807, 2.05) is 0 Å². The van der Waals surface area contributed by atoms with Crippen molar-refractivity contribution < 1.29 is 0 Å². The number of hydrogen-bond acceptors (Lipinski definition) is 1. The molecule has 0 aromatic carbocycles. The highest BCUT2D eigenvalue weighted by atomic mass is 15.3. The molecule has 0 bridgehead atoms. The Bertz CT molecular complexity index is 101. The zero-order chi connectivity index (χ0) is 5.61. The molecule has 1 heteroatoms. The number of nitrogens with zero attached hydrogens (tertiary/aromatic N) is 1. The van der Waals surface area contributed by atoms with Crippen LogP contribution in [0, 0.1) is 0 Å². The largest absolute Gasteiger partial charge is 0.298 e. The standard InChI is InChI=1S/C7H13N/c1-7(3-4-7)8-5-2-6-8/h2-6H2,1H3. The minimum Gasteiger partial charge on any atom is -0.298 e. The van der Waals surface area contributed by atoms with Crippen LogP contribution in [0.15, 0.2) is 0 Å². The van der Waals surface area contributed by atoms with Crippen LogP contribution < -0.4 is 0 Å². The molecule has 1 nitrogen and oxygen atoms in total. The summed E-state index contributed by atoms with van der Waals surface area (Å²) in [5.41, 5.74) is 0.679. The van der Waals surface area contributed by atoms with E-state index in [1.54, 1.807) is 0 Å². The lowest BCUT2D eigenvalue weighted by atomic mass is 10.1. The fraction of sp³-hybridized carbons (Fsp3) is 1.00. The van der Waals surface area contributed by atoms with Crippen molar-refractivity contribution in [3.05, 3.63) is 0 Å². The Hall–Kier alpha value is -0.0400. The topological polar surface area (TPSA) is 3.24 Å². The van der Waals surface area contributed by atoms with Crippen molar-refractivity contribution in [1.29, 1.82) is 0 Å². The minimum atomic E-state index is 0.679. The molecule has 1 aliphatic carbocycles. The van der Waals surface area contributed by atoms with Crippen LogP contribution in [0.2, 0.25) is 0 Å². The van der Waals surface area contributed by atoms with Crippen molar-refractivity contribution in [2.24, 2.45) is 0 Å². The molecule has 0 N–H and O–H groups in total. The first-order valence-corrected chi connectivity index (χ1v) is 3.56. The van der Waals surface area contributed by atoms with Crippen LogP contribution in [0.4, 0.5) is 0 Å². The minimum absolute atomic E-state index is 0.679. The third-order valence-corrected chi connectivity index (χ3v) is 2.59. The predicted molar refractivity (Wildman–Crippen MR) is 33.8 cm³/mol. The van der Waals surface area contributed by atoms with Gasteiger partial charge in [-0.15, -0.1) is 0 Å². The molecular formula is C7H13N. The van der Waals surface area contributed by atoms with Gasteiger partial charge in [0, 0.05) is 5.54 Å². The van der Waals surface area contributed by atoms with Crippen molar-refractivity contribution in [2.75, 3.05) is 13.1 Å². The van der Waals surface area contributed by atoms with E-state index in [2.05, 4.69) is 11.8 Å². The number of rotatable bonds is 1. The second-order valence-corrected chi connectivity index (χ2v) is 3.34.